The van der Waals surface area contributed by atoms with Gasteiger partial charge >= 0.3 is 0 Å². The van der Waals surface area contributed by atoms with Crippen LogP contribution >= 0.6 is 0 Å². The van der Waals surface area contributed by atoms with Crippen LogP contribution < -0.4 is 4.74 Å². The SMILES string of the molecule is C=CCCOc1c([C@H](C)O)ccc2ccccc12. The van der Waals surface area contributed by atoms with Gasteiger partial charge in [0.1, 0.15) is 5.75 Å². The molecule has 2 nitrogen and oxygen atoms in total. The summed E-state index contributed by atoms with van der Waals surface area (Å²) >= 11 is 0. The van der Waals surface area contributed by atoms with Crippen LogP contribution in [0.15, 0.2) is 49.1 Å². The van der Waals surface area contributed by atoms with E-state index in [9.17, 15) is 5.11 Å². The molecule has 2 rings (SSSR count). The van der Waals surface area contributed by atoms with Crippen molar-refractivity contribution in [1.29, 1.82) is 0 Å². The van der Waals surface area contributed by atoms with E-state index in [1.165, 1.54) is 0 Å². The third-order valence-electron chi connectivity index (χ3n) is 2.93. The second kappa shape index (κ2) is 5.69. The topological polar surface area (TPSA) is 29.5 Å². The highest BCUT2D eigenvalue weighted by atomic mass is 16.5. The predicted molar refractivity (Wildman–Crippen MR) is 74.9 cm³/mol. The highest BCUT2D eigenvalue weighted by Crippen LogP contribution is 2.33. The molecule has 0 fully saturated rings. The highest BCUT2D eigenvalue weighted by molar-refractivity contribution is 5.89. The van der Waals surface area contributed by atoms with E-state index < -0.39 is 6.10 Å². The van der Waals surface area contributed by atoms with Gasteiger partial charge in [-0.25, -0.2) is 0 Å². The molecule has 0 saturated carbocycles. The second-order valence-electron chi connectivity index (χ2n) is 4.31. The third kappa shape index (κ3) is 2.54. The summed E-state index contributed by atoms with van der Waals surface area (Å²) in [7, 11) is 0. The van der Waals surface area contributed by atoms with Crippen molar-refractivity contribution in [3.63, 3.8) is 0 Å². The molecule has 0 aliphatic carbocycles. The molecule has 2 aromatic carbocycles. The predicted octanol–water partition coefficient (Wildman–Crippen LogP) is 3.85. The highest BCUT2D eigenvalue weighted by Gasteiger charge is 2.12. The molecular formula is C16H18O2. The van der Waals surface area contributed by atoms with Gasteiger partial charge < -0.3 is 9.84 Å². The van der Waals surface area contributed by atoms with E-state index in [4.69, 9.17) is 4.74 Å². The van der Waals surface area contributed by atoms with Crippen LogP contribution in [0.25, 0.3) is 10.8 Å². The number of hydrogen-bond donors (Lipinski definition) is 1. The lowest BCUT2D eigenvalue weighted by molar-refractivity contribution is 0.192. The fourth-order valence-electron chi connectivity index (χ4n) is 1.99. The van der Waals surface area contributed by atoms with Crippen molar-refractivity contribution in [1.82, 2.24) is 0 Å². The van der Waals surface area contributed by atoms with Crippen molar-refractivity contribution < 1.29 is 9.84 Å². The Labute approximate surface area is 108 Å². The molecule has 0 heterocycles. The Hall–Kier alpha value is -1.80. The Morgan fingerprint density at radius 3 is 2.78 bits per heavy atom. The summed E-state index contributed by atoms with van der Waals surface area (Å²) in [6.07, 6.45) is 2.09. The summed E-state index contributed by atoms with van der Waals surface area (Å²) in [6, 6.07) is 12.0. The van der Waals surface area contributed by atoms with Crippen LogP contribution in [0.5, 0.6) is 5.75 Å². The fourth-order valence-corrected chi connectivity index (χ4v) is 1.99. The summed E-state index contributed by atoms with van der Waals surface area (Å²) in [6.45, 7) is 6.02. The Morgan fingerprint density at radius 1 is 1.28 bits per heavy atom. The van der Waals surface area contributed by atoms with E-state index in [0.717, 1.165) is 28.5 Å². The van der Waals surface area contributed by atoms with Crippen LogP contribution in [0.3, 0.4) is 0 Å². The van der Waals surface area contributed by atoms with E-state index in [-0.39, 0.29) is 0 Å². The first-order chi connectivity index (χ1) is 8.74. The molecule has 0 bridgehead atoms. The van der Waals surface area contributed by atoms with Gasteiger partial charge in [-0.2, -0.15) is 0 Å². The van der Waals surface area contributed by atoms with Crippen LogP contribution in [0.2, 0.25) is 0 Å². The molecule has 0 spiro atoms. The normalized spacial score (nSPS) is 12.3. The maximum absolute atomic E-state index is 9.82. The van der Waals surface area contributed by atoms with Gasteiger partial charge in [0.05, 0.1) is 12.7 Å². The first-order valence-corrected chi connectivity index (χ1v) is 6.17. The summed E-state index contributed by atoms with van der Waals surface area (Å²) in [5, 5.41) is 12.0. The zero-order valence-corrected chi connectivity index (χ0v) is 10.6. The summed E-state index contributed by atoms with van der Waals surface area (Å²) in [5.74, 6) is 0.782. The smallest absolute Gasteiger partial charge is 0.132 e. The van der Waals surface area contributed by atoms with Crippen LogP contribution in [0.1, 0.15) is 25.0 Å². The van der Waals surface area contributed by atoms with Gasteiger partial charge in [0.15, 0.2) is 0 Å². The van der Waals surface area contributed by atoms with E-state index >= 15 is 0 Å². The molecule has 0 saturated heterocycles. The minimum atomic E-state index is -0.534. The minimum absolute atomic E-state index is 0.534. The van der Waals surface area contributed by atoms with Gasteiger partial charge in [-0.05, 0) is 18.7 Å². The lowest BCUT2D eigenvalue weighted by Gasteiger charge is -2.15. The maximum Gasteiger partial charge on any atom is 0.132 e. The fraction of sp³-hybridized carbons (Fsp3) is 0.250. The number of rotatable bonds is 5. The Kier molecular flexibility index (Phi) is 4.00. The van der Waals surface area contributed by atoms with Gasteiger partial charge in [0.25, 0.3) is 0 Å². The summed E-state index contributed by atoms with van der Waals surface area (Å²) in [4.78, 5) is 0. The van der Waals surface area contributed by atoms with Crippen molar-refractivity contribution in [3.8, 4) is 5.75 Å². The van der Waals surface area contributed by atoms with Crippen molar-refractivity contribution in [3.05, 3.63) is 54.6 Å². The Morgan fingerprint density at radius 2 is 2.06 bits per heavy atom. The minimum Gasteiger partial charge on any atom is -0.492 e. The maximum atomic E-state index is 9.82. The molecule has 0 aliphatic heterocycles. The largest absolute Gasteiger partial charge is 0.492 e. The molecular weight excluding hydrogens is 224 g/mol. The molecule has 2 aromatic rings. The van der Waals surface area contributed by atoms with E-state index in [0.29, 0.717) is 6.61 Å². The molecule has 0 unspecified atom stereocenters. The Bertz CT molecular complexity index is 544. The van der Waals surface area contributed by atoms with Gasteiger partial charge in [0, 0.05) is 10.9 Å². The number of aliphatic hydroxyl groups excluding tert-OH is 1. The summed E-state index contributed by atoms with van der Waals surface area (Å²) < 4.78 is 5.82. The van der Waals surface area contributed by atoms with Gasteiger partial charge in [-0.15, -0.1) is 6.58 Å². The van der Waals surface area contributed by atoms with Crippen molar-refractivity contribution in [2.24, 2.45) is 0 Å². The van der Waals surface area contributed by atoms with Crippen molar-refractivity contribution in [2.45, 2.75) is 19.4 Å². The van der Waals surface area contributed by atoms with E-state index in [1.54, 1.807) is 6.92 Å². The zero-order valence-electron chi connectivity index (χ0n) is 10.6. The van der Waals surface area contributed by atoms with Gasteiger partial charge in [-0.1, -0.05) is 42.5 Å². The van der Waals surface area contributed by atoms with Crippen LogP contribution in [0, 0.1) is 0 Å². The van der Waals surface area contributed by atoms with E-state index in [1.807, 2.05) is 42.5 Å². The summed E-state index contributed by atoms with van der Waals surface area (Å²) in [5.41, 5.74) is 0.831. The monoisotopic (exact) mass is 242 g/mol. The molecule has 0 aromatic heterocycles. The number of fused-ring (bicyclic) bond motifs is 1. The molecule has 1 N–H and O–H groups in total. The average molecular weight is 242 g/mol. The molecule has 0 radical (unpaired) electrons. The molecule has 1 atom stereocenters. The standard InChI is InChI=1S/C16H18O2/c1-3-4-11-18-16-14(12(2)17)10-9-13-7-5-6-8-15(13)16/h3,5-10,12,17H,1,4,11H2,2H3/t12-/m0/s1. The zero-order chi connectivity index (χ0) is 13.0. The van der Waals surface area contributed by atoms with E-state index in [2.05, 4.69) is 6.58 Å². The third-order valence-corrected chi connectivity index (χ3v) is 2.93. The molecule has 18 heavy (non-hydrogen) atoms. The van der Waals surface area contributed by atoms with Crippen LogP contribution in [-0.2, 0) is 0 Å². The van der Waals surface area contributed by atoms with Crippen LogP contribution in [-0.4, -0.2) is 11.7 Å². The molecule has 2 heteroatoms. The molecule has 0 amide bonds. The van der Waals surface area contributed by atoms with Gasteiger partial charge in [-0.3, -0.25) is 0 Å². The van der Waals surface area contributed by atoms with Gasteiger partial charge in [0.2, 0.25) is 0 Å². The van der Waals surface area contributed by atoms with Crippen LogP contribution in [0.4, 0.5) is 0 Å². The number of benzene rings is 2. The van der Waals surface area contributed by atoms with Crippen molar-refractivity contribution >= 4 is 10.8 Å². The molecule has 0 aliphatic rings. The lowest BCUT2D eigenvalue weighted by atomic mass is 10.0. The lowest BCUT2D eigenvalue weighted by Crippen LogP contribution is -2.02. The molecule has 94 valence electrons. The number of ether oxygens (including phenoxy) is 1. The first-order valence-electron chi connectivity index (χ1n) is 6.17. The average Bonchev–Trinajstić information content (AvgIpc) is 2.38. The van der Waals surface area contributed by atoms with Crippen molar-refractivity contribution in [2.75, 3.05) is 6.61 Å². The number of hydrogen-bond acceptors (Lipinski definition) is 2. The quantitative estimate of drug-likeness (QED) is 0.637. The second-order valence-corrected chi connectivity index (χ2v) is 4.31. The Balaban J connectivity index is 2.48. The number of aliphatic hydroxyl groups is 1. The first kappa shape index (κ1) is 12.7.